The second-order valence-corrected chi connectivity index (χ2v) is 5.78. The molecule has 0 unspecified atom stereocenters. The molecule has 0 aromatic rings. The van der Waals surface area contributed by atoms with Crippen LogP contribution in [0.4, 0.5) is 0 Å². The smallest absolute Gasteiger partial charge is 0.232 e. The quantitative estimate of drug-likeness (QED) is 0.698. The first-order valence-electron chi connectivity index (χ1n) is 6.77. The largest absolute Gasteiger partial charge is 0.395 e. The summed E-state index contributed by atoms with van der Waals surface area (Å²) in [4.78, 5) is 14.1. The molecule has 96 valence electrons. The van der Waals surface area contributed by atoms with Gasteiger partial charge in [-0.2, -0.15) is 0 Å². The lowest BCUT2D eigenvalue weighted by Gasteiger charge is -2.62. The van der Waals surface area contributed by atoms with Gasteiger partial charge in [-0.3, -0.25) is 4.79 Å². The Morgan fingerprint density at radius 2 is 2.12 bits per heavy atom. The van der Waals surface area contributed by atoms with Gasteiger partial charge in [-0.1, -0.05) is 13.3 Å². The molecule has 3 atom stereocenters. The van der Waals surface area contributed by atoms with Crippen LogP contribution < -0.4 is 0 Å². The van der Waals surface area contributed by atoms with Gasteiger partial charge >= 0.3 is 0 Å². The number of ether oxygens (including phenoxy) is 1. The molecular formula is C13H21NO3. The van der Waals surface area contributed by atoms with Gasteiger partial charge in [0.2, 0.25) is 5.91 Å². The molecule has 0 aromatic heterocycles. The van der Waals surface area contributed by atoms with Crippen LogP contribution in [0.15, 0.2) is 0 Å². The van der Waals surface area contributed by atoms with Crippen molar-refractivity contribution >= 4 is 5.91 Å². The monoisotopic (exact) mass is 239 g/mol. The standard InChI is InChI=1S/C13H21NO3/c1-9-8-17-13(5-3-2-4-6-13)14-11(9)10(7-15)12(14)16/h9-11,15H,2-8H2,1H3/t9-,10-,11-/m0/s1. The molecule has 2 saturated heterocycles. The minimum absolute atomic E-state index is 0.0135. The van der Waals surface area contributed by atoms with E-state index in [1.807, 2.05) is 4.90 Å². The van der Waals surface area contributed by atoms with E-state index in [0.29, 0.717) is 5.92 Å². The van der Waals surface area contributed by atoms with Crippen LogP contribution in [-0.4, -0.2) is 40.9 Å². The minimum atomic E-state index is -0.321. The Morgan fingerprint density at radius 1 is 1.41 bits per heavy atom. The van der Waals surface area contributed by atoms with Crippen LogP contribution in [0, 0.1) is 11.8 Å². The SMILES string of the molecule is C[C@H]1COC2(CCCCC2)N2C(=O)[C@@H](CO)[C@H]12. The summed E-state index contributed by atoms with van der Waals surface area (Å²) in [5, 5.41) is 9.31. The van der Waals surface area contributed by atoms with Crippen LogP contribution in [0.3, 0.4) is 0 Å². The Labute approximate surface area is 102 Å². The summed E-state index contributed by atoms with van der Waals surface area (Å²) in [6, 6.07) is 0.208. The highest BCUT2D eigenvalue weighted by molar-refractivity contribution is 5.87. The Hall–Kier alpha value is -0.610. The number of rotatable bonds is 1. The van der Waals surface area contributed by atoms with Crippen LogP contribution in [0.1, 0.15) is 39.0 Å². The van der Waals surface area contributed by atoms with E-state index >= 15 is 0 Å². The van der Waals surface area contributed by atoms with Crippen molar-refractivity contribution in [2.45, 2.75) is 50.8 Å². The maximum absolute atomic E-state index is 12.1. The van der Waals surface area contributed by atoms with Crippen molar-refractivity contribution in [3.8, 4) is 0 Å². The Morgan fingerprint density at radius 3 is 2.76 bits per heavy atom. The third kappa shape index (κ3) is 1.47. The van der Waals surface area contributed by atoms with Crippen molar-refractivity contribution in [3.63, 3.8) is 0 Å². The minimum Gasteiger partial charge on any atom is -0.395 e. The normalized spacial score (nSPS) is 40.0. The highest BCUT2D eigenvalue weighted by atomic mass is 16.5. The lowest BCUT2D eigenvalue weighted by atomic mass is 9.73. The molecule has 2 aliphatic heterocycles. The van der Waals surface area contributed by atoms with Crippen LogP contribution in [0.5, 0.6) is 0 Å². The van der Waals surface area contributed by atoms with Crippen molar-refractivity contribution in [2.24, 2.45) is 11.8 Å². The van der Waals surface area contributed by atoms with Crippen molar-refractivity contribution < 1.29 is 14.6 Å². The van der Waals surface area contributed by atoms with Crippen molar-refractivity contribution in [1.82, 2.24) is 4.90 Å². The fourth-order valence-corrected chi connectivity index (χ4v) is 3.82. The molecular weight excluding hydrogens is 218 g/mol. The second-order valence-electron chi connectivity index (χ2n) is 5.78. The molecule has 2 heterocycles. The Kier molecular flexibility index (Phi) is 2.67. The average Bonchev–Trinajstić information content (AvgIpc) is 2.34. The summed E-state index contributed by atoms with van der Waals surface area (Å²) in [6.45, 7) is 2.83. The van der Waals surface area contributed by atoms with Crippen LogP contribution in [0.25, 0.3) is 0 Å². The van der Waals surface area contributed by atoms with Gasteiger partial charge in [0.05, 0.1) is 25.2 Å². The number of fused-ring (bicyclic) bond motifs is 2. The lowest BCUT2D eigenvalue weighted by molar-refractivity contribution is -0.272. The maximum Gasteiger partial charge on any atom is 0.232 e. The molecule has 0 bridgehead atoms. The van der Waals surface area contributed by atoms with Gasteiger partial charge in [0.15, 0.2) is 0 Å². The lowest BCUT2D eigenvalue weighted by Crippen LogP contribution is -2.76. The highest BCUT2D eigenvalue weighted by Crippen LogP contribution is 2.48. The summed E-state index contributed by atoms with van der Waals surface area (Å²) in [5.74, 6) is 0.274. The number of hydrogen-bond donors (Lipinski definition) is 1. The van der Waals surface area contributed by atoms with E-state index < -0.39 is 0 Å². The Balaban J connectivity index is 1.86. The van der Waals surface area contributed by atoms with E-state index in [-0.39, 0.29) is 30.2 Å². The fraction of sp³-hybridized carbons (Fsp3) is 0.923. The third-order valence-corrected chi connectivity index (χ3v) is 4.73. The fourth-order valence-electron chi connectivity index (χ4n) is 3.82. The first-order valence-corrected chi connectivity index (χ1v) is 6.77. The zero-order chi connectivity index (χ0) is 12.0. The molecule has 17 heavy (non-hydrogen) atoms. The average molecular weight is 239 g/mol. The summed E-state index contributed by atoms with van der Waals surface area (Å²) in [6.07, 6.45) is 5.49. The van der Waals surface area contributed by atoms with E-state index in [0.717, 1.165) is 32.3 Å². The molecule has 3 rings (SSSR count). The predicted octanol–water partition coefficient (Wildman–Crippen LogP) is 1.13. The molecule has 0 radical (unpaired) electrons. The van der Waals surface area contributed by atoms with Crippen LogP contribution in [0.2, 0.25) is 0 Å². The predicted molar refractivity (Wildman–Crippen MR) is 62.1 cm³/mol. The molecule has 1 saturated carbocycles. The summed E-state index contributed by atoms with van der Waals surface area (Å²) >= 11 is 0. The first-order chi connectivity index (χ1) is 8.19. The molecule has 4 heteroatoms. The molecule has 0 aromatic carbocycles. The zero-order valence-electron chi connectivity index (χ0n) is 10.4. The topological polar surface area (TPSA) is 49.8 Å². The number of amides is 1. The molecule has 1 amide bonds. The summed E-state index contributed by atoms with van der Waals surface area (Å²) in [5.41, 5.74) is -0.321. The number of β-lactam (4-membered cyclic amide) rings is 1. The first kappa shape index (κ1) is 11.5. The van der Waals surface area contributed by atoms with Crippen molar-refractivity contribution in [1.29, 1.82) is 0 Å². The van der Waals surface area contributed by atoms with E-state index in [9.17, 15) is 9.90 Å². The number of hydrogen-bond acceptors (Lipinski definition) is 3. The third-order valence-electron chi connectivity index (χ3n) is 4.73. The van der Waals surface area contributed by atoms with E-state index in [2.05, 4.69) is 6.92 Å². The number of aliphatic hydroxyl groups excluding tert-OH is 1. The van der Waals surface area contributed by atoms with Gasteiger partial charge in [-0.25, -0.2) is 0 Å². The number of carbonyl (C=O) groups excluding carboxylic acids is 1. The number of aliphatic hydroxyl groups is 1. The molecule has 1 N–H and O–H groups in total. The highest BCUT2D eigenvalue weighted by Gasteiger charge is 2.60. The van der Waals surface area contributed by atoms with Crippen LogP contribution >= 0.6 is 0 Å². The van der Waals surface area contributed by atoms with Gasteiger partial charge in [0.25, 0.3) is 0 Å². The maximum atomic E-state index is 12.1. The van der Waals surface area contributed by atoms with Gasteiger partial charge in [-0.05, 0) is 25.7 Å². The molecule has 1 aliphatic carbocycles. The van der Waals surface area contributed by atoms with Gasteiger partial charge in [0.1, 0.15) is 5.72 Å². The molecule has 3 fully saturated rings. The number of carbonyl (C=O) groups is 1. The molecule has 4 nitrogen and oxygen atoms in total. The van der Waals surface area contributed by atoms with Gasteiger partial charge in [-0.15, -0.1) is 0 Å². The zero-order valence-corrected chi connectivity index (χ0v) is 10.4. The van der Waals surface area contributed by atoms with E-state index in [1.54, 1.807) is 0 Å². The van der Waals surface area contributed by atoms with Gasteiger partial charge in [0, 0.05) is 5.92 Å². The Bertz CT molecular complexity index is 325. The van der Waals surface area contributed by atoms with Crippen molar-refractivity contribution in [3.05, 3.63) is 0 Å². The second kappa shape index (κ2) is 3.95. The van der Waals surface area contributed by atoms with E-state index in [4.69, 9.17) is 4.74 Å². The molecule has 1 spiro atoms. The molecule has 3 aliphatic rings. The van der Waals surface area contributed by atoms with Crippen molar-refractivity contribution in [2.75, 3.05) is 13.2 Å². The van der Waals surface area contributed by atoms with Gasteiger partial charge < -0.3 is 14.7 Å². The number of nitrogens with zero attached hydrogens (tertiary/aromatic N) is 1. The summed E-state index contributed by atoms with van der Waals surface area (Å²) < 4.78 is 6.04. The van der Waals surface area contributed by atoms with E-state index in [1.165, 1.54) is 6.42 Å². The summed E-state index contributed by atoms with van der Waals surface area (Å²) in [7, 11) is 0. The van der Waals surface area contributed by atoms with Crippen LogP contribution in [-0.2, 0) is 9.53 Å².